The van der Waals surface area contributed by atoms with E-state index >= 15 is 0 Å². The molecule has 4 aromatic rings. The van der Waals surface area contributed by atoms with Crippen molar-refractivity contribution in [1.82, 2.24) is 9.88 Å². The van der Waals surface area contributed by atoms with Crippen LogP contribution >= 0.6 is 11.3 Å². The summed E-state index contributed by atoms with van der Waals surface area (Å²) in [4.78, 5) is 36.1. The fourth-order valence-corrected chi connectivity index (χ4v) is 5.95. The average Bonchev–Trinajstić information content (AvgIpc) is 3.38. The van der Waals surface area contributed by atoms with E-state index < -0.39 is 12.0 Å². The van der Waals surface area contributed by atoms with E-state index in [1.165, 1.54) is 4.88 Å². The van der Waals surface area contributed by atoms with Gasteiger partial charge in [-0.05, 0) is 43.8 Å². The number of carbonyl (C=O) groups is 2. The molecule has 2 N–H and O–H groups in total. The molecule has 1 atom stereocenters. The van der Waals surface area contributed by atoms with E-state index in [2.05, 4.69) is 29.1 Å². The van der Waals surface area contributed by atoms with Gasteiger partial charge in [-0.15, -0.1) is 11.3 Å². The molecule has 0 spiro atoms. The SMILES string of the molecule is Cc1sc(N2CCN(C)CC2)nc1CCOc1ccc(C[C@H](Nc2ccccc2C(=O)c2ccccc2)C(=O)O)cc1. The fourth-order valence-electron chi connectivity index (χ4n) is 4.94. The number of nitrogens with zero attached hydrogens (tertiary/aromatic N) is 3. The molecule has 1 aliphatic heterocycles. The van der Waals surface area contributed by atoms with Crippen LogP contribution in [0.3, 0.4) is 0 Å². The molecule has 1 fully saturated rings. The number of ether oxygens (including phenoxy) is 1. The molecule has 1 aliphatic rings. The zero-order valence-corrected chi connectivity index (χ0v) is 24.8. The normalized spacial score (nSPS) is 14.4. The molecule has 0 unspecified atom stereocenters. The van der Waals surface area contributed by atoms with E-state index in [0.717, 1.165) is 54.7 Å². The van der Waals surface area contributed by atoms with Crippen molar-refractivity contribution < 1.29 is 19.4 Å². The van der Waals surface area contributed by atoms with Crippen molar-refractivity contribution in [2.24, 2.45) is 0 Å². The number of piperazine rings is 1. The predicted molar refractivity (Wildman–Crippen MR) is 167 cm³/mol. The van der Waals surface area contributed by atoms with Gasteiger partial charge in [0.25, 0.3) is 0 Å². The summed E-state index contributed by atoms with van der Waals surface area (Å²) < 4.78 is 6.00. The summed E-state index contributed by atoms with van der Waals surface area (Å²) >= 11 is 1.75. The lowest BCUT2D eigenvalue weighted by atomic mass is 10.00. The third-order valence-corrected chi connectivity index (χ3v) is 8.54. The van der Waals surface area contributed by atoms with Gasteiger partial charge in [-0.3, -0.25) is 4.79 Å². The van der Waals surface area contributed by atoms with Crippen molar-refractivity contribution in [2.75, 3.05) is 50.1 Å². The quantitative estimate of drug-likeness (QED) is 0.221. The third kappa shape index (κ3) is 7.35. The number of para-hydroxylation sites is 1. The zero-order valence-electron chi connectivity index (χ0n) is 24.0. The number of aromatic nitrogens is 1. The number of thiazole rings is 1. The Hall–Kier alpha value is -4.21. The molecule has 5 rings (SSSR count). The molecule has 218 valence electrons. The number of hydrogen-bond donors (Lipinski definition) is 2. The molecule has 3 aromatic carbocycles. The van der Waals surface area contributed by atoms with E-state index in [9.17, 15) is 14.7 Å². The van der Waals surface area contributed by atoms with Crippen molar-refractivity contribution in [1.29, 1.82) is 0 Å². The topological polar surface area (TPSA) is 95.0 Å². The molecule has 0 radical (unpaired) electrons. The van der Waals surface area contributed by atoms with Crippen LogP contribution in [0.4, 0.5) is 10.8 Å². The van der Waals surface area contributed by atoms with Crippen molar-refractivity contribution in [3.8, 4) is 5.75 Å². The van der Waals surface area contributed by atoms with Gasteiger partial charge in [0.15, 0.2) is 10.9 Å². The summed E-state index contributed by atoms with van der Waals surface area (Å²) in [6, 6.07) is 22.6. The van der Waals surface area contributed by atoms with Gasteiger partial charge < -0.3 is 25.0 Å². The highest BCUT2D eigenvalue weighted by atomic mass is 32.1. The largest absolute Gasteiger partial charge is 0.493 e. The molecule has 0 aliphatic carbocycles. The van der Waals surface area contributed by atoms with Gasteiger partial charge in [0.1, 0.15) is 11.8 Å². The summed E-state index contributed by atoms with van der Waals surface area (Å²) in [5.74, 6) is -0.427. The van der Waals surface area contributed by atoms with Crippen LogP contribution in [0.2, 0.25) is 0 Å². The second-order valence-corrected chi connectivity index (χ2v) is 11.7. The van der Waals surface area contributed by atoms with Crippen LogP contribution in [0.15, 0.2) is 78.9 Å². The summed E-state index contributed by atoms with van der Waals surface area (Å²) in [6.45, 7) is 6.74. The molecule has 2 heterocycles. The number of hydrogen-bond acceptors (Lipinski definition) is 8. The van der Waals surface area contributed by atoms with Crippen molar-refractivity contribution in [2.45, 2.75) is 25.8 Å². The molecular formula is C33H36N4O4S. The van der Waals surface area contributed by atoms with Crippen LogP contribution in [-0.4, -0.2) is 72.6 Å². The van der Waals surface area contributed by atoms with Gasteiger partial charge in [0, 0.05) is 60.7 Å². The Morgan fingerprint density at radius 3 is 2.38 bits per heavy atom. The maximum atomic E-state index is 13.1. The lowest BCUT2D eigenvalue weighted by Crippen LogP contribution is -2.44. The van der Waals surface area contributed by atoms with E-state index in [4.69, 9.17) is 9.72 Å². The number of carbonyl (C=O) groups excluding carboxylic acids is 1. The highest BCUT2D eigenvalue weighted by Gasteiger charge is 2.22. The van der Waals surface area contributed by atoms with Crippen LogP contribution in [-0.2, 0) is 17.6 Å². The van der Waals surface area contributed by atoms with Crippen LogP contribution in [0.1, 0.15) is 32.1 Å². The molecule has 8 nitrogen and oxygen atoms in total. The zero-order chi connectivity index (χ0) is 29.5. The van der Waals surface area contributed by atoms with Gasteiger partial charge in [0.05, 0.1) is 12.3 Å². The maximum Gasteiger partial charge on any atom is 0.326 e. The van der Waals surface area contributed by atoms with Crippen molar-refractivity contribution in [3.63, 3.8) is 0 Å². The number of anilines is 2. The average molecular weight is 585 g/mol. The smallest absolute Gasteiger partial charge is 0.326 e. The first kappa shape index (κ1) is 29.3. The summed E-state index contributed by atoms with van der Waals surface area (Å²) in [5, 5.41) is 14.1. The van der Waals surface area contributed by atoms with Gasteiger partial charge in [-0.1, -0.05) is 54.6 Å². The molecular weight excluding hydrogens is 548 g/mol. The fraction of sp³-hybridized carbons (Fsp3) is 0.303. The van der Waals surface area contributed by atoms with Crippen LogP contribution in [0.25, 0.3) is 0 Å². The Kier molecular flexibility index (Phi) is 9.51. The number of carboxylic acid groups (broad SMARTS) is 1. The minimum atomic E-state index is -0.994. The number of ketones is 1. The first-order valence-electron chi connectivity index (χ1n) is 14.2. The van der Waals surface area contributed by atoms with E-state index in [0.29, 0.717) is 23.4 Å². The lowest BCUT2D eigenvalue weighted by Gasteiger charge is -2.32. The summed E-state index contributed by atoms with van der Waals surface area (Å²) in [6.07, 6.45) is 0.973. The van der Waals surface area contributed by atoms with Gasteiger partial charge in [-0.2, -0.15) is 0 Å². The number of rotatable bonds is 12. The minimum Gasteiger partial charge on any atom is -0.493 e. The van der Waals surface area contributed by atoms with Crippen LogP contribution < -0.4 is 15.0 Å². The number of aliphatic carboxylic acids is 1. The van der Waals surface area contributed by atoms with Crippen molar-refractivity contribution >= 4 is 33.9 Å². The number of likely N-dealkylation sites (N-methyl/N-ethyl adjacent to an activating group) is 1. The first-order valence-corrected chi connectivity index (χ1v) is 15.0. The van der Waals surface area contributed by atoms with Gasteiger partial charge in [0.2, 0.25) is 0 Å². The molecule has 1 saturated heterocycles. The highest BCUT2D eigenvalue weighted by Crippen LogP contribution is 2.27. The number of benzene rings is 3. The molecule has 9 heteroatoms. The van der Waals surface area contributed by atoms with Gasteiger partial charge in [-0.25, -0.2) is 9.78 Å². The molecule has 42 heavy (non-hydrogen) atoms. The monoisotopic (exact) mass is 584 g/mol. The van der Waals surface area contributed by atoms with E-state index in [1.54, 1.807) is 47.7 Å². The van der Waals surface area contributed by atoms with Gasteiger partial charge >= 0.3 is 5.97 Å². The summed E-state index contributed by atoms with van der Waals surface area (Å²) in [7, 11) is 2.15. The number of carboxylic acids is 1. The second-order valence-electron chi connectivity index (χ2n) is 10.5. The van der Waals surface area contributed by atoms with Crippen LogP contribution in [0, 0.1) is 6.92 Å². The highest BCUT2D eigenvalue weighted by molar-refractivity contribution is 7.15. The Morgan fingerprint density at radius 1 is 0.976 bits per heavy atom. The number of nitrogens with one attached hydrogen (secondary N) is 1. The number of aryl methyl sites for hydroxylation is 1. The maximum absolute atomic E-state index is 13.1. The van der Waals surface area contributed by atoms with Crippen LogP contribution in [0.5, 0.6) is 5.75 Å². The predicted octanol–water partition coefficient (Wildman–Crippen LogP) is 5.16. The Balaban J connectivity index is 1.17. The Labute approximate surface area is 250 Å². The molecule has 0 saturated carbocycles. The van der Waals surface area contributed by atoms with E-state index in [-0.39, 0.29) is 12.2 Å². The second kappa shape index (κ2) is 13.6. The Bertz CT molecular complexity index is 1500. The lowest BCUT2D eigenvalue weighted by molar-refractivity contribution is -0.137. The van der Waals surface area contributed by atoms with Crippen molar-refractivity contribution in [3.05, 3.63) is 106 Å². The molecule has 0 bridgehead atoms. The minimum absolute atomic E-state index is 0.160. The van der Waals surface area contributed by atoms with E-state index in [1.807, 2.05) is 42.5 Å². The third-order valence-electron chi connectivity index (χ3n) is 7.46. The standard InChI is InChI=1S/C33H36N4O4S/c1-23-28(35-33(42-23)37-19-17-36(2)18-20-37)16-21-41-26-14-12-24(13-15-26)22-30(32(39)40)34-29-11-7-6-10-27(29)31(38)25-8-4-3-5-9-25/h3-15,30,34H,16-22H2,1-2H3,(H,39,40)/t30-/m0/s1. The first-order chi connectivity index (χ1) is 20.4. The molecule has 1 aromatic heterocycles. The Morgan fingerprint density at radius 2 is 1.67 bits per heavy atom. The summed E-state index contributed by atoms with van der Waals surface area (Å²) in [5.41, 5.74) is 3.40. The molecule has 0 amide bonds.